The molecule has 42 heavy (non-hydrogen) atoms. The summed E-state index contributed by atoms with van der Waals surface area (Å²) < 4.78 is 10.7. The predicted octanol–water partition coefficient (Wildman–Crippen LogP) is 5.67. The van der Waals surface area contributed by atoms with Crippen LogP contribution in [0.25, 0.3) is 10.8 Å². The van der Waals surface area contributed by atoms with Crippen molar-refractivity contribution < 1.29 is 28.7 Å². The van der Waals surface area contributed by atoms with E-state index in [0.717, 1.165) is 34.7 Å². The zero-order valence-electron chi connectivity index (χ0n) is 24.5. The van der Waals surface area contributed by atoms with Crippen LogP contribution in [0, 0.1) is 5.92 Å². The van der Waals surface area contributed by atoms with E-state index < -0.39 is 29.1 Å². The van der Waals surface area contributed by atoms with Crippen LogP contribution in [-0.2, 0) is 41.7 Å². The van der Waals surface area contributed by atoms with Crippen LogP contribution < -0.4 is 5.32 Å². The number of fused-ring (bicyclic) bond motifs is 1. The van der Waals surface area contributed by atoms with Gasteiger partial charge in [-0.1, -0.05) is 97.7 Å². The van der Waals surface area contributed by atoms with Gasteiger partial charge in [0.05, 0.1) is 11.6 Å². The SMILES string of the molecule is CCCC[C@H](NC(=O)[C@H](Cc1cccc2ccccc12)C(S)CC(COC(C)=O)=NOC)C(=O)OCc1ccccc1. The van der Waals surface area contributed by atoms with E-state index in [1.807, 2.05) is 79.7 Å². The summed E-state index contributed by atoms with van der Waals surface area (Å²) in [7, 11) is 1.40. The molecular weight excluding hydrogens is 552 g/mol. The van der Waals surface area contributed by atoms with E-state index in [1.54, 1.807) is 0 Å². The Labute approximate surface area is 253 Å². The monoisotopic (exact) mass is 592 g/mol. The number of hydrogen-bond acceptors (Lipinski definition) is 8. The van der Waals surface area contributed by atoms with Gasteiger partial charge in [0, 0.05) is 18.6 Å². The summed E-state index contributed by atoms with van der Waals surface area (Å²) in [5.74, 6) is -1.89. The van der Waals surface area contributed by atoms with Crippen LogP contribution in [-0.4, -0.2) is 48.6 Å². The second-order valence-corrected chi connectivity index (χ2v) is 10.8. The Morgan fingerprint density at radius 3 is 2.38 bits per heavy atom. The van der Waals surface area contributed by atoms with E-state index in [2.05, 4.69) is 10.5 Å². The first-order valence-electron chi connectivity index (χ1n) is 14.2. The van der Waals surface area contributed by atoms with E-state index in [9.17, 15) is 14.4 Å². The van der Waals surface area contributed by atoms with Crippen molar-refractivity contribution in [3.63, 3.8) is 0 Å². The molecule has 0 saturated carbocycles. The van der Waals surface area contributed by atoms with Gasteiger partial charge in [-0.3, -0.25) is 9.59 Å². The Balaban J connectivity index is 1.85. The van der Waals surface area contributed by atoms with Gasteiger partial charge in [0.1, 0.15) is 26.4 Å². The van der Waals surface area contributed by atoms with Crippen molar-refractivity contribution in [1.82, 2.24) is 5.32 Å². The third-order valence-corrected chi connectivity index (χ3v) is 7.44. The van der Waals surface area contributed by atoms with Crippen molar-refractivity contribution in [3.05, 3.63) is 83.9 Å². The Kier molecular flexibility index (Phi) is 13.4. The van der Waals surface area contributed by atoms with E-state index in [4.69, 9.17) is 26.9 Å². The standard InChI is InChI=1S/C33H40N2O6S/c1-4-5-18-30(33(38)41-21-24-12-7-6-8-13-24)34-32(37)29(31(42)20-27(35-39-3)22-40-23(2)36)19-26-16-11-15-25-14-9-10-17-28(25)26/h6-17,29-31,42H,4-5,18-22H2,1-3H3,(H,34,37)/t29-,30+,31?/m1/s1. The summed E-state index contributed by atoms with van der Waals surface area (Å²) in [6.07, 6.45) is 2.66. The van der Waals surface area contributed by atoms with Crippen LogP contribution >= 0.6 is 12.6 Å². The molecule has 8 nitrogen and oxygen atoms in total. The first-order chi connectivity index (χ1) is 20.3. The summed E-state index contributed by atoms with van der Waals surface area (Å²) >= 11 is 4.85. The average molecular weight is 593 g/mol. The Morgan fingerprint density at radius 1 is 0.952 bits per heavy atom. The summed E-state index contributed by atoms with van der Waals surface area (Å²) in [5.41, 5.74) is 2.29. The van der Waals surface area contributed by atoms with Crippen LogP contribution in [0.2, 0.25) is 0 Å². The molecule has 3 rings (SSSR count). The second-order valence-electron chi connectivity index (χ2n) is 10.1. The van der Waals surface area contributed by atoms with Gasteiger partial charge in [-0.15, -0.1) is 0 Å². The highest BCUT2D eigenvalue weighted by Gasteiger charge is 2.32. The number of oxime groups is 1. The number of carbonyl (C=O) groups excluding carboxylic acids is 3. The van der Waals surface area contributed by atoms with E-state index in [-0.39, 0.29) is 25.5 Å². The number of unbranched alkanes of at least 4 members (excludes halogenated alkanes) is 1. The molecule has 3 aromatic carbocycles. The number of nitrogens with zero attached hydrogens (tertiary/aromatic N) is 1. The van der Waals surface area contributed by atoms with E-state index in [1.165, 1.54) is 14.0 Å². The van der Waals surface area contributed by atoms with Gasteiger partial charge in [0.15, 0.2) is 0 Å². The van der Waals surface area contributed by atoms with Crippen LogP contribution in [0.1, 0.15) is 50.7 Å². The normalized spacial score (nSPS) is 13.6. The lowest BCUT2D eigenvalue weighted by atomic mass is 9.89. The molecule has 3 aromatic rings. The maximum Gasteiger partial charge on any atom is 0.328 e. The fourth-order valence-electron chi connectivity index (χ4n) is 4.70. The molecule has 9 heteroatoms. The minimum Gasteiger partial charge on any atom is -0.460 e. The predicted molar refractivity (Wildman–Crippen MR) is 167 cm³/mol. The van der Waals surface area contributed by atoms with Crippen LogP contribution in [0.3, 0.4) is 0 Å². The lowest BCUT2D eigenvalue weighted by Gasteiger charge is -2.26. The summed E-state index contributed by atoms with van der Waals surface area (Å²) in [6.45, 7) is 3.39. The molecule has 0 fully saturated rings. The highest BCUT2D eigenvalue weighted by molar-refractivity contribution is 7.81. The molecule has 0 heterocycles. The molecule has 0 saturated heterocycles. The maximum atomic E-state index is 14.0. The summed E-state index contributed by atoms with van der Waals surface area (Å²) in [4.78, 5) is 43.5. The van der Waals surface area contributed by atoms with Gasteiger partial charge < -0.3 is 19.6 Å². The molecule has 224 valence electrons. The number of hydrogen-bond donors (Lipinski definition) is 2. The molecule has 0 bridgehead atoms. The molecular formula is C33H40N2O6S. The lowest BCUT2D eigenvalue weighted by molar-refractivity contribution is -0.149. The molecule has 0 aromatic heterocycles. The van der Waals surface area contributed by atoms with Gasteiger partial charge >= 0.3 is 11.9 Å². The van der Waals surface area contributed by atoms with Gasteiger partial charge in [-0.25, -0.2) is 4.79 Å². The third-order valence-electron chi connectivity index (χ3n) is 6.90. The molecule has 0 aliphatic rings. The van der Waals surface area contributed by atoms with Crippen LogP contribution in [0.15, 0.2) is 78.0 Å². The zero-order valence-corrected chi connectivity index (χ0v) is 25.3. The number of thiol groups is 1. The summed E-state index contributed by atoms with van der Waals surface area (Å²) in [5, 5.41) is 8.55. The van der Waals surface area contributed by atoms with Gasteiger partial charge in [0.2, 0.25) is 5.91 Å². The molecule has 0 radical (unpaired) electrons. The van der Waals surface area contributed by atoms with Crippen LogP contribution in [0.4, 0.5) is 0 Å². The Bertz CT molecular complexity index is 1340. The topological polar surface area (TPSA) is 103 Å². The molecule has 0 aliphatic heterocycles. The maximum absolute atomic E-state index is 14.0. The highest BCUT2D eigenvalue weighted by Crippen LogP contribution is 2.26. The van der Waals surface area contributed by atoms with Crippen molar-refractivity contribution >= 4 is 47.0 Å². The van der Waals surface area contributed by atoms with Gasteiger partial charge in [0.25, 0.3) is 0 Å². The molecule has 0 spiro atoms. The fourth-order valence-corrected chi connectivity index (χ4v) is 5.15. The molecule has 1 unspecified atom stereocenters. The number of nitrogens with one attached hydrogen (secondary N) is 1. The van der Waals surface area contributed by atoms with Crippen molar-refractivity contribution in [2.45, 2.75) is 63.9 Å². The molecule has 1 amide bonds. The molecule has 0 aliphatic carbocycles. The van der Waals surface area contributed by atoms with Crippen molar-refractivity contribution in [2.75, 3.05) is 13.7 Å². The smallest absolute Gasteiger partial charge is 0.328 e. The van der Waals surface area contributed by atoms with E-state index >= 15 is 0 Å². The number of rotatable bonds is 16. The highest BCUT2D eigenvalue weighted by atomic mass is 32.1. The van der Waals surface area contributed by atoms with Gasteiger partial charge in [-0.2, -0.15) is 12.6 Å². The Hall–Kier alpha value is -3.85. The van der Waals surface area contributed by atoms with Crippen molar-refractivity contribution in [3.8, 4) is 0 Å². The number of amides is 1. The van der Waals surface area contributed by atoms with Gasteiger partial charge in [-0.05, 0) is 34.7 Å². The minimum atomic E-state index is -0.801. The number of ether oxygens (including phenoxy) is 2. The minimum absolute atomic E-state index is 0.0756. The lowest BCUT2D eigenvalue weighted by Crippen LogP contribution is -2.47. The second kappa shape index (κ2) is 17.2. The average Bonchev–Trinajstić information content (AvgIpc) is 2.99. The first-order valence-corrected chi connectivity index (χ1v) is 14.7. The van der Waals surface area contributed by atoms with Crippen molar-refractivity contribution in [2.24, 2.45) is 11.1 Å². The quantitative estimate of drug-likeness (QED) is 0.0962. The van der Waals surface area contributed by atoms with E-state index in [0.29, 0.717) is 18.6 Å². The van der Waals surface area contributed by atoms with Crippen molar-refractivity contribution in [1.29, 1.82) is 0 Å². The summed E-state index contributed by atoms with van der Waals surface area (Å²) in [6, 6.07) is 22.6. The zero-order chi connectivity index (χ0) is 30.3. The third kappa shape index (κ3) is 10.2. The number of benzene rings is 3. The number of carbonyl (C=O) groups is 3. The molecule has 3 atom stereocenters. The largest absolute Gasteiger partial charge is 0.460 e. The number of esters is 2. The first kappa shape index (κ1) is 32.7. The fraction of sp³-hybridized carbons (Fsp3) is 0.394. The molecule has 1 N–H and O–H groups in total. The Morgan fingerprint density at radius 2 is 1.67 bits per heavy atom. The van der Waals surface area contributed by atoms with Crippen LogP contribution in [0.5, 0.6) is 0 Å².